The van der Waals surface area contributed by atoms with E-state index in [1.165, 1.54) is 0 Å². The van der Waals surface area contributed by atoms with Crippen LogP contribution in [0.5, 0.6) is 5.75 Å². The SMILES string of the molecule is CCOc1ccc2nnc3c(Br)cnn3c2c1. The van der Waals surface area contributed by atoms with Gasteiger partial charge in [0.05, 0.1) is 22.8 Å². The zero-order chi connectivity index (χ0) is 11.8. The molecule has 0 aliphatic rings. The van der Waals surface area contributed by atoms with Gasteiger partial charge in [0.2, 0.25) is 0 Å². The van der Waals surface area contributed by atoms with E-state index < -0.39 is 0 Å². The number of fused-ring (bicyclic) bond motifs is 3. The van der Waals surface area contributed by atoms with Gasteiger partial charge in [0.25, 0.3) is 0 Å². The molecule has 0 N–H and O–H groups in total. The van der Waals surface area contributed by atoms with E-state index in [4.69, 9.17) is 4.74 Å². The first-order valence-electron chi connectivity index (χ1n) is 5.22. The number of ether oxygens (including phenoxy) is 1. The quantitative estimate of drug-likeness (QED) is 0.728. The average molecular weight is 293 g/mol. The summed E-state index contributed by atoms with van der Waals surface area (Å²) in [5.41, 5.74) is 2.37. The summed E-state index contributed by atoms with van der Waals surface area (Å²) in [4.78, 5) is 0. The summed E-state index contributed by atoms with van der Waals surface area (Å²) in [6.45, 7) is 2.59. The Balaban J connectivity index is 2.34. The van der Waals surface area contributed by atoms with Crippen molar-refractivity contribution in [2.24, 2.45) is 0 Å². The first-order chi connectivity index (χ1) is 8.29. The molecule has 17 heavy (non-hydrogen) atoms. The number of hydrogen-bond acceptors (Lipinski definition) is 4. The molecule has 3 aromatic rings. The Morgan fingerprint density at radius 1 is 1.35 bits per heavy atom. The minimum Gasteiger partial charge on any atom is -0.494 e. The molecule has 0 saturated carbocycles. The molecule has 0 atom stereocenters. The van der Waals surface area contributed by atoms with Gasteiger partial charge in [-0.2, -0.15) is 5.10 Å². The van der Waals surface area contributed by atoms with E-state index in [1.807, 2.05) is 25.1 Å². The standard InChI is InChI=1S/C11H9BrN4O/c1-2-17-7-3-4-9-10(5-7)16-11(15-14-9)8(12)6-13-16/h3-6H,2H2,1H3. The molecule has 86 valence electrons. The molecule has 0 bridgehead atoms. The molecular formula is C11H9BrN4O. The fourth-order valence-electron chi connectivity index (χ4n) is 1.70. The zero-order valence-electron chi connectivity index (χ0n) is 9.09. The molecule has 0 aliphatic carbocycles. The van der Waals surface area contributed by atoms with E-state index in [0.717, 1.165) is 21.3 Å². The lowest BCUT2D eigenvalue weighted by Gasteiger charge is -2.04. The van der Waals surface area contributed by atoms with Gasteiger partial charge in [-0.1, -0.05) is 0 Å². The molecular weight excluding hydrogens is 284 g/mol. The molecule has 1 aromatic carbocycles. The minimum atomic E-state index is 0.635. The average Bonchev–Trinajstić information content (AvgIpc) is 2.72. The van der Waals surface area contributed by atoms with Crippen LogP contribution in [0.2, 0.25) is 0 Å². The maximum atomic E-state index is 5.47. The lowest BCUT2D eigenvalue weighted by atomic mass is 10.3. The van der Waals surface area contributed by atoms with Gasteiger partial charge in [0.15, 0.2) is 5.65 Å². The molecule has 0 aliphatic heterocycles. The highest BCUT2D eigenvalue weighted by Gasteiger charge is 2.08. The highest BCUT2D eigenvalue weighted by Crippen LogP contribution is 2.22. The summed E-state index contributed by atoms with van der Waals surface area (Å²) in [5.74, 6) is 0.806. The van der Waals surface area contributed by atoms with E-state index in [9.17, 15) is 0 Å². The summed E-state index contributed by atoms with van der Waals surface area (Å²) in [6, 6.07) is 5.67. The fraction of sp³-hybridized carbons (Fsp3) is 0.182. The third kappa shape index (κ3) is 1.64. The second kappa shape index (κ2) is 3.96. The summed E-state index contributed by atoms with van der Waals surface area (Å²) in [5, 5.41) is 12.5. The predicted molar refractivity (Wildman–Crippen MR) is 67.2 cm³/mol. The highest BCUT2D eigenvalue weighted by atomic mass is 79.9. The summed E-state index contributed by atoms with van der Waals surface area (Å²) in [7, 11) is 0. The van der Waals surface area contributed by atoms with E-state index in [-0.39, 0.29) is 0 Å². The topological polar surface area (TPSA) is 52.3 Å². The molecule has 0 unspecified atom stereocenters. The summed E-state index contributed by atoms with van der Waals surface area (Å²) in [6.07, 6.45) is 1.71. The van der Waals surface area contributed by atoms with Crippen LogP contribution in [0.1, 0.15) is 6.92 Å². The van der Waals surface area contributed by atoms with Crippen molar-refractivity contribution >= 4 is 32.6 Å². The Kier molecular flexibility index (Phi) is 2.44. The van der Waals surface area contributed by atoms with Gasteiger partial charge in [-0.05, 0) is 35.0 Å². The zero-order valence-corrected chi connectivity index (χ0v) is 10.7. The van der Waals surface area contributed by atoms with Crippen LogP contribution in [0.4, 0.5) is 0 Å². The number of halogens is 1. The second-order valence-corrected chi connectivity index (χ2v) is 4.37. The van der Waals surface area contributed by atoms with Crippen LogP contribution < -0.4 is 4.74 Å². The van der Waals surface area contributed by atoms with Crippen LogP contribution in [0, 0.1) is 0 Å². The smallest absolute Gasteiger partial charge is 0.192 e. The van der Waals surface area contributed by atoms with Crippen LogP contribution in [-0.2, 0) is 0 Å². The molecule has 3 rings (SSSR count). The molecule has 0 fully saturated rings. The maximum Gasteiger partial charge on any atom is 0.192 e. The Bertz CT molecular complexity index is 694. The van der Waals surface area contributed by atoms with Crippen molar-refractivity contribution in [3.63, 3.8) is 0 Å². The van der Waals surface area contributed by atoms with Crippen LogP contribution in [0.25, 0.3) is 16.7 Å². The van der Waals surface area contributed by atoms with Crippen molar-refractivity contribution in [2.75, 3.05) is 6.61 Å². The Hall–Kier alpha value is -1.69. The molecule has 0 spiro atoms. The number of nitrogens with zero attached hydrogens (tertiary/aromatic N) is 4. The fourth-order valence-corrected chi connectivity index (χ4v) is 2.04. The molecule has 0 saturated heterocycles. The minimum absolute atomic E-state index is 0.635. The molecule has 0 radical (unpaired) electrons. The van der Waals surface area contributed by atoms with Crippen LogP contribution in [0.15, 0.2) is 28.9 Å². The lowest BCUT2D eigenvalue weighted by Crippen LogP contribution is -1.98. The van der Waals surface area contributed by atoms with Crippen molar-refractivity contribution < 1.29 is 4.74 Å². The van der Waals surface area contributed by atoms with E-state index in [1.54, 1.807) is 10.7 Å². The predicted octanol–water partition coefficient (Wildman–Crippen LogP) is 2.44. The first kappa shape index (κ1) is 10.5. The number of rotatable bonds is 2. The van der Waals surface area contributed by atoms with Crippen LogP contribution in [-0.4, -0.2) is 26.4 Å². The normalized spacial score (nSPS) is 11.2. The van der Waals surface area contributed by atoms with Crippen LogP contribution in [0.3, 0.4) is 0 Å². The first-order valence-corrected chi connectivity index (χ1v) is 6.01. The van der Waals surface area contributed by atoms with Gasteiger partial charge >= 0.3 is 0 Å². The third-order valence-electron chi connectivity index (χ3n) is 2.44. The van der Waals surface area contributed by atoms with Gasteiger partial charge < -0.3 is 4.74 Å². The van der Waals surface area contributed by atoms with Crippen LogP contribution >= 0.6 is 15.9 Å². The van der Waals surface area contributed by atoms with Gasteiger partial charge in [0.1, 0.15) is 11.3 Å². The number of aromatic nitrogens is 4. The van der Waals surface area contributed by atoms with E-state index in [2.05, 4.69) is 31.2 Å². The monoisotopic (exact) mass is 292 g/mol. The van der Waals surface area contributed by atoms with Crippen molar-refractivity contribution in [1.82, 2.24) is 19.8 Å². The van der Waals surface area contributed by atoms with Gasteiger partial charge in [-0.25, -0.2) is 4.52 Å². The molecule has 5 nitrogen and oxygen atoms in total. The molecule has 6 heteroatoms. The maximum absolute atomic E-state index is 5.47. The molecule has 0 amide bonds. The van der Waals surface area contributed by atoms with E-state index in [0.29, 0.717) is 12.3 Å². The Labute approximate surface area is 106 Å². The Morgan fingerprint density at radius 2 is 2.24 bits per heavy atom. The van der Waals surface area contributed by atoms with Gasteiger partial charge in [-0.3, -0.25) is 0 Å². The van der Waals surface area contributed by atoms with Gasteiger partial charge in [-0.15, -0.1) is 10.2 Å². The summed E-state index contributed by atoms with van der Waals surface area (Å²) < 4.78 is 8.04. The van der Waals surface area contributed by atoms with Crippen molar-refractivity contribution in [3.8, 4) is 5.75 Å². The Morgan fingerprint density at radius 3 is 3.06 bits per heavy atom. The number of hydrogen-bond donors (Lipinski definition) is 0. The van der Waals surface area contributed by atoms with E-state index >= 15 is 0 Å². The summed E-state index contributed by atoms with van der Waals surface area (Å²) >= 11 is 3.38. The van der Waals surface area contributed by atoms with Crippen molar-refractivity contribution in [3.05, 3.63) is 28.9 Å². The number of benzene rings is 1. The second-order valence-electron chi connectivity index (χ2n) is 3.51. The van der Waals surface area contributed by atoms with Crippen molar-refractivity contribution in [1.29, 1.82) is 0 Å². The highest BCUT2D eigenvalue weighted by molar-refractivity contribution is 9.10. The lowest BCUT2D eigenvalue weighted by molar-refractivity contribution is 0.340. The molecule has 2 heterocycles. The largest absolute Gasteiger partial charge is 0.494 e. The third-order valence-corrected chi connectivity index (χ3v) is 3.00. The molecule has 2 aromatic heterocycles. The van der Waals surface area contributed by atoms with Crippen molar-refractivity contribution in [2.45, 2.75) is 6.92 Å². The van der Waals surface area contributed by atoms with Gasteiger partial charge in [0, 0.05) is 6.07 Å².